The fraction of sp³-hybridized carbons (Fsp3) is 0. The van der Waals surface area contributed by atoms with Crippen LogP contribution in [0.5, 0.6) is 0 Å². The molecule has 0 N–H and O–H groups in total. The maximum absolute atomic E-state index is 2.38. The summed E-state index contributed by atoms with van der Waals surface area (Å²) < 4.78 is 0. The zero-order valence-corrected chi connectivity index (χ0v) is 22.5. The van der Waals surface area contributed by atoms with Gasteiger partial charge in [0, 0.05) is 20.5 Å². The van der Waals surface area contributed by atoms with Crippen LogP contribution in [0.25, 0.3) is 63.8 Å². The molecule has 0 fully saturated rings. The van der Waals surface area contributed by atoms with Crippen LogP contribution in [0.2, 0.25) is 0 Å². The molecule has 0 amide bonds. The van der Waals surface area contributed by atoms with E-state index in [9.17, 15) is 0 Å². The van der Waals surface area contributed by atoms with E-state index in [1.54, 1.807) is 0 Å². The Kier molecular flexibility index (Phi) is 5.05. The Hall–Kier alpha value is -4.08. The molecule has 0 bridgehead atoms. The van der Waals surface area contributed by atoms with Crippen LogP contribution < -0.4 is 0 Å². The molecule has 0 nitrogen and oxygen atoms in total. The third-order valence-corrected chi connectivity index (χ3v) is 12.9. The van der Waals surface area contributed by atoms with E-state index in [2.05, 4.69) is 146 Å². The molecule has 0 radical (unpaired) electrons. The normalized spacial score (nSPS) is 12.6. The number of fused-ring (bicyclic) bond motifs is 6. The topological polar surface area (TPSA) is 0 Å². The van der Waals surface area contributed by atoms with Gasteiger partial charge in [0.25, 0.3) is 0 Å². The lowest BCUT2D eigenvalue weighted by molar-refractivity contribution is 1.75. The third kappa shape index (κ3) is 3.18. The molecular weight excluding hydrogens is 494 g/mol. The highest BCUT2D eigenvalue weighted by Gasteiger charge is 2.21. The van der Waals surface area contributed by atoms with Crippen LogP contribution in [0.1, 0.15) is 0 Å². The molecule has 2 atom stereocenters. The van der Waals surface area contributed by atoms with Gasteiger partial charge in [0.15, 0.2) is 0 Å². The van der Waals surface area contributed by atoms with Crippen molar-refractivity contribution in [2.24, 2.45) is 0 Å². The van der Waals surface area contributed by atoms with Gasteiger partial charge in [-0.05, 0) is 43.3 Å². The number of hydrogen-bond donors (Lipinski definition) is 0. The van der Waals surface area contributed by atoms with E-state index in [0.29, 0.717) is 0 Å². The van der Waals surface area contributed by atoms with Crippen LogP contribution >= 0.6 is 15.1 Å². The van der Waals surface area contributed by atoms with Crippen molar-refractivity contribution in [1.82, 2.24) is 0 Å². The lowest BCUT2D eigenvalue weighted by Crippen LogP contribution is -1.80. The third-order valence-electron chi connectivity index (χ3n) is 7.71. The van der Waals surface area contributed by atoms with E-state index in [1.165, 1.54) is 63.8 Å². The zero-order chi connectivity index (χ0) is 25.1. The highest BCUT2D eigenvalue weighted by Crippen LogP contribution is 2.61. The molecule has 6 aromatic carbocycles. The summed E-state index contributed by atoms with van der Waals surface area (Å²) in [5.74, 6) is 0. The average molecular weight is 519 g/mol. The summed E-state index contributed by atoms with van der Waals surface area (Å²) in [6.07, 6.45) is 0. The summed E-state index contributed by atoms with van der Waals surface area (Å²) in [4.78, 5) is 0. The lowest BCUT2D eigenvalue weighted by atomic mass is 10.0. The smallest absolute Gasteiger partial charge is 0.0147 e. The van der Waals surface area contributed by atoms with Crippen LogP contribution in [0.3, 0.4) is 0 Å². The molecule has 8 rings (SSSR count). The molecule has 0 saturated heterocycles. The van der Waals surface area contributed by atoms with Crippen LogP contribution in [-0.4, -0.2) is 0 Å². The zero-order valence-electron chi connectivity index (χ0n) is 20.8. The van der Waals surface area contributed by atoms with Gasteiger partial charge in [-0.2, -0.15) is 0 Å². The average Bonchev–Trinajstić information content (AvgIpc) is 3.51. The Balaban J connectivity index is 1.57. The highest BCUT2D eigenvalue weighted by atomic mass is 31.1. The van der Waals surface area contributed by atoms with Gasteiger partial charge in [-0.25, -0.2) is 0 Å². The SMILES string of the molecule is c1ccc(-p2c3ccccc3c3cccc(-c4cccc5c6ccccc6p(-c6ccccc6)c45)c32)cc1. The van der Waals surface area contributed by atoms with Crippen molar-refractivity contribution in [1.29, 1.82) is 0 Å². The molecule has 2 heteroatoms. The van der Waals surface area contributed by atoms with E-state index in [0.717, 1.165) is 0 Å². The molecule has 0 aliphatic carbocycles. The summed E-state index contributed by atoms with van der Waals surface area (Å²) in [7, 11) is -1.29. The Labute approximate surface area is 223 Å². The number of hydrogen-bond acceptors (Lipinski definition) is 0. The van der Waals surface area contributed by atoms with E-state index < -0.39 is 15.1 Å². The van der Waals surface area contributed by atoms with E-state index in [1.807, 2.05) is 0 Å². The Bertz CT molecular complexity index is 1960. The molecule has 0 saturated carbocycles. The second kappa shape index (κ2) is 8.75. The quantitative estimate of drug-likeness (QED) is 0.218. The Morgan fingerprint density at radius 1 is 0.289 bits per heavy atom. The lowest BCUT2D eigenvalue weighted by Gasteiger charge is -2.12. The minimum absolute atomic E-state index is 0.643. The second-order valence-electron chi connectivity index (χ2n) is 9.78. The summed E-state index contributed by atoms with van der Waals surface area (Å²) in [6.45, 7) is 0. The molecule has 2 heterocycles. The van der Waals surface area contributed by atoms with Crippen molar-refractivity contribution < 1.29 is 0 Å². The standard InChI is InChI=1S/C36H24P2/c1-3-13-25(14-4-1)37-33-23-9-7-17-27(33)29-19-11-21-31(35(29)37)32-22-12-20-30-28-18-8-10-24-34(28)38(36(30)32)26-15-5-2-6-16-26/h1-24H. The Morgan fingerprint density at radius 2 is 0.658 bits per heavy atom. The molecule has 38 heavy (non-hydrogen) atoms. The molecular formula is C36H24P2. The molecule has 2 unspecified atom stereocenters. The minimum atomic E-state index is -0.643. The maximum atomic E-state index is 2.38. The Morgan fingerprint density at radius 3 is 1.11 bits per heavy atom. The van der Waals surface area contributed by atoms with Gasteiger partial charge < -0.3 is 0 Å². The first-order valence-corrected chi connectivity index (χ1v) is 15.7. The van der Waals surface area contributed by atoms with Crippen molar-refractivity contribution in [2.75, 3.05) is 0 Å². The van der Waals surface area contributed by atoms with Crippen molar-refractivity contribution in [3.63, 3.8) is 0 Å². The van der Waals surface area contributed by atoms with Gasteiger partial charge in [0.1, 0.15) is 0 Å². The van der Waals surface area contributed by atoms with Crippen molar-refractivity contribution >= 4 is 57.1 Å². The molecule has 0 aliphatic rings. The largest absolute Gasteiger partial charge is 0.0766 e. The van der Waals surface area contributed by atoms with Crippen LogP contribution in [-0.2, 0) is 0 Å². The number of rotatable bonds is 3. The summed E-state index contributed by atoms with van der Waals surface area (Å²) >= 11 is 0. The van der Waals surface area contributed by atoms with Crippen LogP contribution in [0.4, 0.5) is 0 Å². The summed E-state index contributed by atoms with van der Waals surface area (Å²) in [6, 6.07) is 54.3. The first-order valence-electron chi connectivity index (χ1n) is 13.1. The van der Waals surface area contributed by atoms with Gasteiger partial charge in [0.2, 0.25) is 0 Å². The van der Waals surface area contributed by atoms with Crippen LogP contribution in [0.15, 0.2) is 146 Å². The first kappa shape index (κ1) is 22.0. The van der Waals surface area contributed by atoms with Crippen molar-refractivity contribution in [3.05, 3.63) is 146 Å². The van der Waals surface area contributed by atoms with Gasteiger partial charge in [-0.1, -0.05) is 161 Å². The van der Waals surface area contributed by atoms with Gasteiger partial charge in [-0.3, -0.25) is 0 Å². The fourth-order valence-corrected chi connectivity index (χ4v) is 11.7. The van der Waals surface area contributed by atoms with Gasteiger partial charge >= 0.3 is 0 Å². The number of benzene rings is 6. The molecule has 8 aromatic rings. The van der Waals surface area contributed by atoms with E-state index in [4.69, 9.17) is 0 Å². The molecule has 0 aliphatic heterocycles. The predicted molar refractivity (Wildman–Crippen MR) is 170 cm³/mol. The molecule has 2 aromatic heterocycles. The van der Waals surface area contributed by atoms with Gasteiger partial charge in [-0.15, -0.1) is 0 Å². The second-order valence-corrected chi connectivity index (χ2v) is 14.0. The molecule has 0 spiro atoms. The van der Waals surface area contributed by atoms with Crippen molar-refractivity contribution in [2.45, 2.75) is 0 Å². The predicted octanol–water partition coefficient (Wildman–Crippen LogP) is 11.9. The van der Waals surface area contributed by atoms with Crippen LogP contribution in [0, 0.1) is 0 Å². The van der Waals surface area contributed by atoms with E-state index in [-0.39, 0.29) is 0 Å². The summed E-state index contributed by atoms with van der Waals surface area (Å²) in [5.41, 5.74) is 2.78. The van der Waals surface area contributed by atoms with E-state index >= 15 is 0 Å². The fourth-order valence-electron chi connectivity index (χ4n) is 6.16. The minimum Gasteiger partial charge on any atom is -0.0766 e. The maximum Gasteiger partial charge on any atom is 0.0147 e. The molecule has 178 valence electrons. The monoisotopic (exact) mass is 518 g/mol. The summed E-state index contributed by atoms with van der Waals surface area (Å²) in [5, 5.41) is 14.3. The highest BCUT2D eigenvalue weighted by molar-refractivity contribution is 7.69. The van der Waals surface area contributed by atoms with Crippen molar-refractivity contribution in [3.8, 4) is 21.7 Å². The van der Waals surface area contributed by atoms with Gasteiger partial charge in [0.05, 0.1) is 0 Å². The first-order chi connectivity index (χ1) is 18.9.